The van der Waals surface area contributed by atoms with Gasteiger partial charge in [0.1, 0.15) is 12.0 Å². The molecule has 0 unspecified atom stereocenters. The van der Waals surface area contributed by atoms with Gasteiger partial charge in [0.15, 0.2) is 0 Å². The van der Waals surface area contributed by atoms with Crippen LogP contribution in [0, 0.1) is 0 Å². The number of carbonyl (C=O) groups is 1. The number of hydrogen-bond donors (Lipinski definition) is 1. The second-order valence-corrected chi connectivity index (χ2v) is 4.42. The lowest BCUT2D eigenvalue weighted by Gasteiger charge is -2.11. The SMILES string of the molecule is CCOc1ccc(NC(=O)c2ccoc2)cc1CBr. The highest BCUT2D eigenvalue weighted by Gasteiger charge is 2.09. The first-order valence-electron chi connectivity index (χ1n) is 5.89. The van der Waals surface area contributed by atoms with E-state index >= 15 is 0 Å². The Morgan fingerprint density at radius 2 is 2.26 bits per heavy atom. The van der Waals surface area contributed by atoms with E-state index in [1.165, 1.54) is 12.5 Å². The largest absolute Gasteiger partial charge is 0.494 e. The van der Waals surface area contributed by atoms with Crippen molar-refractivity contribution in [3.05, 3.63) is 47.9 Å². The first-order valence-corrected chi connectivity index (χ1v) is 7.02. The van der Waals surface area contributed by atoms with Crippen LogP contribution >= 0.6 is 15.9 Å². The topological polar surface area (TPSA) is 51.5 Å². The molecule has 0 aliphatic rings. The Morgan fingerprint density at radius 3 is 2.89 bits per heavy atom. The van der Waals surface area contributed by atoms with Crippen molar-refractivity contribution in [1.29, 1.82) is 0 Å². The Balaban J connectivity index is 2.15. The van der Waals surface area contributed by atoms with Crippen LogP contribution in [0.5, 0.6) is 5.75 Å². The van der Waals surface area contributed by atoms with Gasteiger partial charge < -0.3 is 14.5 Å². The van der Waals surface area contributed by atoms with Gasteiger partial charge in [-0.2, -0.15) is 0 Å². The number of benzene rings is 1. The molecule has 0 fully saturated rings. The minimum atomic E-state index is -0.196. The van der Waals surface area contributed by atoms with Crippen molar-refractivity contribution in [1.82, 2.24) is 0 Å². The smallest absolute Gasteiger partial charge is 0.258 e. The van der Waals surface area contributed by atoms with Crippen molar-refractivity contribution in [3.8, 4) is 5.75 Å². The third-order valence-corrected chi connectivity index (χ3v) is 3.15. The number of halogens is 1. The van der Waals surface area contributed by atoms with Crippen molar-refractivity contribution in [2.45, 2.75) is 12.3 Å². The molecule has 0 radical (unpaired) electrons. The molecule has 0 atom stereocenters. The molecular weight excluding hydrogens is 310 g/mol. The van der Waals surface area contributed by atoms with Crippen LogP contribution in [0.1, 0.15) is 22.8 Å². The van der Waals surface area contributed by atoms with E-state index in [0.29, 0.717) is 17.5 Å². The van der Waals surface area contributed by atoms with Crippen LogP contribution in [0.15, 0.2) is 41.2 Å². The van der Waals surface area contributed by atoms with Crippen molar-refractivity contribution in [2.24, 2.45) is 0 Å². The molecule has 1 amide bonds. The molecule has 2 aromatic rings. The van der Waals surface area contributed by atoms with Crippen LogP contribution in [0.2, 0.25) is 0 Å². The molecule has 2 rings (SSSR count). The quantitative estimate of drug-likeness (QED) is 0.851. The first kappa shape index (κ1) is 13.7. The monoisotopic (exact) mass is 323 g/mol. The van der Waals surface area contributed by atoms with Crippen LogP contribution in [0.4, 0.5) is 5.69 Å². The van der Waals surface area contributed by atoms with Crippen LogP contribution in [0.25, 0.3) is 0 Å². The maximum atomic E-state index is 11.9. The molecule has 0 aliphatic heterocycles. The molecular formula is C14H14BrNO3. The number of amides is 1. The van der Waals surface area contributed by atoms with Crippen molar-refractivity contribution < 1.29 is 13.9 Å². The second kappa shape index (κ2) is 6.43. The number of nitrogens with one attached hydrogen (secondary N) is 1. The number of rotatable bonds is 5. The summed E-state index contributed by atoms with van der Waals surface area (Å²) in [4.78, 5) is 11.9. The van der Waals surface area contributed by atoms with E-state index in [0.717, 1.165) is 17.0 Å². The van der Waals surface area contributed by atoms with Crippen LogP contribution < -0.4 is 10.1 Å². The van der Waals surface area contributed by atoms with Crippen LogP contribution in [0.3, 0.4) is 0 Å². The summed E-state index contributed by atoms with van der Waals surface area (Å²) in [6.45, 7) is 2.55. The Hall–Kier alpha value is -1.75. The first-order chi connectivity index (χ1) is 9.24. The van der Waals surface area contributed by atoms with Crippen LogP contribution in [-0.4, -0.2) is 12.5 Å². The molecule has 0 saturated heterocycles. The Kier molecular flexibility index (Phi) is 4.63. The zero-order valence-electron chi connectivity index (χ0n) is 10.5. The van der Waals surface area contributed by atoms with E-state index < -0.39 is 0 Å². The Bertz CT molecular complexity index is 552. The fraction of sp³-hybridized carbons (Fsp3) is 0.214. The van der Waals surface area contributed by atoms with Crippen molar-refractivity contribution >= 4 is 27.5 Å². The second-order valence-electron chi connectivity index (χ2n) is 3.86. The van der Waals surface area contributed by atoms with Gasteiger partial charge in [0.05, 0.1) is 18.4 Å². The summed E-state index contributed by atoms with van der Waals surface area (Å²) in [5.74, 6) is 0.624. The number of carbonyl (C=O) groups excluding carboxylic acids is 1. The highest BCUT2D eigenvalue weighted by molar-refractivity contribution is 9.08. The Morgan fingerprint density at radius 1 is 1.42 bits per heavy atom. The molecule has 0 spiro atoms. The summed E-state index contributed by atoms with van der Waals surface area (Å²) < 4.78 is 10.4. The molecule has 100 valence electrons. The van der Waals surface area contributed by atoms with Gasteiger partial charge in [0.2, 0.25) is 0 Å². The van der Waals surface area contributed by atoms with Gasteiger partial charge in [-0.05, 0) is 31.2 Å². The number of furan rings is 1. The lowest BCUT2D eigenvalue weighted by Crippen LogP contribution is -2.11. The molecule has 0 bridgehead atoms. The van der Waals surface area contributed by atoms with E-state index in [4.69, 9.17) is 9.15 Å². The van der Waals surface area contributed by atoms with E-state index in [2.05, 4.69) is 21.2 Å². The average molecular weight is 324 g/mol. The fourth-order valence-electron chi connectivity index (χ4n) is 1.65. The number of ether oxygens (including phenoxy) is 1. The molecule has 1 aromatic carbocycles. The van der Waals surface area contributed by atoms with Crippen LogP contribution in [-0.2, 0) is 5.33 Å². The zero-order chi connectivity index (χ0) is 13.7. The maximum absolute atomic E-state index is 11.9. The summed E-state index contributed by atoms with van der Waals surface area (Å²) in [7, 11) is 0. The zero-order valence-corrected chi connectivity index (χ0v) is 12.1. The van der Waals surface area contributed by atoms with E-state index in [-0.39, 0.29) is 5.91 Å². The van der Waals surface area contributed by atoms with E-state index in [1.807, 2.05) is 25.1 Å². The summed E-state index contributed by atoms with van der Waals surface area (Å²) in [5, 5.41) is 3.48. The molecule has 1 aromatic heterocycles. The van der Waals surface area contributed by atoms with Gasteiger partial charge in [-0.25, -0.2) is 0 Å². The summed E-state index contributed by atoms with van der Waals surface area (Å²) in [6, 6.07) is 7.17. The normalized spacial score (nSPS) is 10.2. The van der Waals surface area contributed by atoms with Gasteiger partial charge in [-0.1, -0.05) is 15.9 Å². The van der Waals surface area contributed by atoms with Crippen molar-refractivity contribution in [3.63, 3.8) is 0 Å². The van der Waals surface area contributed by atoms with E-state index in [9.17, 15) is 4.79 Å². The van der Waals surface area contributed by atoms with Gasteiger partial charge in [-0.3, -0.25) is 4.79 Å². The predicted molar refractivity (Wildman–Crippen MR) is 76.9 cm³/mol. The Labute approximate surface area is 119 Å². The van der Waals surface area contributed by atoms with Gasteiger partial charge in [0, 0.05) is 16.6 Å². The fourth-order valence-corrected chi connectivity index (χ4v) is 2.09. The lowest BCUT2D eigenvalue weighted by atomic mass is 10.2. The molecule has 5 heteroatoms. The third kappa shape index (κ3) is 3.38. The highest BCUT2D eigenvalue weighted by Crippen LogP contribution is 2.25. The molecule has 0 aliphatic carbocycles. The van der Waals surface area contributed by atoms with Gasteiger partial charge >= 0.3 is 0 Å². The maximum Gasteiger partial charge on any atom is 0.258 e. The molecule has 1 heterocycles. The van der Waals surface area contributed by atoms with Gasteiger partial charge in [-0.15, -0.1) is 0 Å². The number of anilines is 1. The minimum absolute atomic E-state index is 0.196. The third-order valence-electron chi connectivity index (χ3n) is 2.55. The predicted octanol–water partition coefficient (Wildman–Crippen LogP) is 3.83. The minimum Gasteiger partial charge on any atom is -0.494 e. The number of hydrogen-bond acceptors (Lipinski definition) is 3. The van der Waals surface area contributed by atoms with E-state index in [1.54, 1.807) is 6.07 Å². The summed E-state index contributed by atoms with van der Waals surface area (Å²) in [6.07, 6.45) is 2.88. The lowest BCUT2D eigenvalue weighted by molar-refractivity contribution is 0.102. The standard InChI is InChI=1S/C14H14BrNO3/c1-2-19-13-4-3-12(7-11(13)8-15)16-14(17)10-5-6-18-9-10/h3-7,9H,2,8H2,1H3,(H,16,17). The van der Waals surface area contributed by atoms with Crippen molar-refractivity contribution in [2.75, 3.05) is 11.9 Å². The highest BCUT2D eigenvalue weighted by atomic mass is 79.9. The molecule has 19 heavy (non-hydrogen) atoms. The summed E-state index contributed by atoms with van der Waals surface area (Å²) in [5.41, 5.74) is 2.21. The summed E-state index contributed by atoms with van der Waals surface area (Å²) >= 11 is 3.41. The molecule has 1 N–H and O–H groups in total. The van der Waals surface area contributed by atoms with Gasteiger partial charge in [0.25, 0.3) is 5.91 Å². The molecule has 0 saturated carbocycles. The average Bonchev–Trinajstić information content (AvgIpc) is 2.94. The number of alkyl halides is 1. The molecule has 4 nitrogen and oxygen atoms in total.